The normalized spacial score (nSPS) is 19.7. The van der Waals surface area contributed by atoms with Crippen LogP contribution in [-0.2, 0) is 6.54 Å². The Hall–Kier alpha value is -3.55. The van der Waals surface area contributed by atoms with Crippen molar-refractivity contribution in [3.63, 3.8) is 0 Å². The molecule has 3 aromatic rings. The van der Waals surface area contributed by atoms with Crippen LogP contribution in [0, 0.1) is 6.92 Å². The maximum atomic E-state index is 13.5. The fourth-order valence-corrected chi connectivity index (χ4v) is 3.64. The van der Waals surface area contributed by atoms with Gasteiger partial charge in [0.2, 0.25) is 0 Å². The van der Waals surface area contributed by atoms with Crippen molar-refractivity contribution >= 4 is 23.2 Å². The fraction of sp³-hybridized carbons (Fsp3) is 0.200. The summed E-state index contributed by atoms with van der Waals surface area (Å²) in [7, 11) is 0. The Morgan fingerprint density at radius 1 is 1.25 bits per heavy atom. The molecule has 140 valence electrons. The molecule has 8 heteroatoms. The van der Waals surface area contributed by atoms with Gasteiger partial charge in [-0.2, -0.15) is 5.10 Å². The largest absolute Gasteiger partial charge is 0.346 e. The molecule has 2 aliphatic rings. The quantitative estimate of drug-likeness (QED) is 0.718. The molecule has 4 heterocycles. The van der Waals surface area contributed by atoms with Crippen LogP contribution in [0.25, 0.3) is 11.1 Å². The zero-order valence-electron chi connectivity index (χ0n) is 15.3. The molecule has 2 N–H and O–H groups in total. The number of hydrogen-bond acceptors (Lipinski definition) is 4. The van der Waals surface area contributed by atoms with Crippen LogP contribution in [0.4, 0.5) is 10.2 Å². The topological polar surface area (TPSA) is 87.5 Å². The minimum absolute atomic E-state index is 0.216. The van der Waals surface area contributed by atoms with Gasteiger partial charge >= 0.3 is 0 Å². The summed E-state index contributed by atoms with van der Waals surface area (Å²) in [5, 5.41) is 8.98. The third-order valence-electron chi connectivity index (χ3n) is 4.91. The van der Waals surface area contributed by atoms with Crippen LogP contribution in [0.15, 0.2) is 47.6 Å². The third kappa shape index (κ3) is 2.83. The van der Waals surface area contributed by atoms with Gasteiger partial charge in [0.15, 0.2) is 5.82 Å². The SMILES string of the molecule is Cc1nc(Cn2cnc(=C3C=CC(F)=CC3)c2=C2CC=Nc3[nH]ccc32)n[nH]1. The molecule has 0 amide bonds. The molecule has 0 spiro atoms. The number of hydrogen-bond donors (Lipinski definition) is 2. The van der Waals surface area contributed by atoms with E-state index >= 15 is 0 Å². The van der Waals surface area contributed by atoms with E-state index in [1.807, 2.05) is 25.4 Å². The lowest BCUT2D eigenvalue weighted by Crippen LogP contribution is -2.35. The number of rotatable bonds is 2. The Kier molecular flexibility index (Phi) is 3.89. The number of imidazole rings is 1. The predicted octanol–water partition coefficient (Wildman–Crippen LogP) is 1.96. The van der Waals surface area contributed by atoms with E-state index in [0.29, 0.717) is 25.2 Å². The van der Waals surface area contributed by atoms with Crippen molar-refractivity contribution in [2.24, 2.45) is 4.99 Å². The number of aryl methyl sites for hydroxylation is 1. The van der Waals surface area contributed by atoms with Gasteiger partial charge < -0.3 is 9.55 Å². The maximum absolute atomic E-state index is 13.5. The van der Waals surface area contributed by atoms with E-state index in [1.54, 1.807) is 18.5 Å². The van der Waals surface area contributed by atoms with Crippen molar-refractivity contribution in [1.29, 1.82) is 0 Å². The number of nitrogens with one attached hydrogen (secondary N) is 2. The van der Waals surface area contributed by atoms with Crippen LogP contribution in [-0.4, -0.2) is 35.9 Å². The van der Waals surface area contributed by atoms with Gasteiger partial charge in [0, 0.05) is 24.4 Å². The van der Waals surface area contributed by atoms with E-state index < -0.39 is 0 Å². The highest BCUT2D eigenvalue weighted by Gasteiger charge is 2.17. The molecule has 0 unspecified atom stereocenters. The van der Waals surface area contributed by atoms with E-state index in [-0.39, 0.29) is 5.83 Å². The summed E-state index contributed by atoms with van der Waals surface area (Å²) in [5.41, 5.74) is 3.16. The smallest absolute Gasteiger partial charge is 0.170 e. The number of aromatic amines is 2. The molecule has 0 atom stereocenters. The summed E-state index contributed by atoms with van der Waals surface area (Å²) >= 11 is 0. The van der Waals surface area contributed by atoms with Gasteiger partial charge in [-0.05, 0) is 42.7 Å². The minimum Gasteiger partial charge on any atom is -0.346 e. The summed E-state index contributed by atoms with van der Waals surface area (Å²) in [5.74, 6) is 2.08. The van der Waals surface area contributed by atoms with Crippen LogP contribution in [0.3, 0.4) is 0 Å². The van der Waals surface area contributed by atoms with E-state index in [4.69, 9.17) is 0 Å². The molecule has 0 bridgehead atoms. The van der Waals surface area contributed by atoms with Crippen LogP contribution in [0.2, 0.25) is 0 Å². The van der Waals surface area contributed by atoms with E-state index in [9.17, 15) is 4.39 Å². The van der Waals surface area contributed by atoms with Crippen LogP contribution < -0.4 is 10.7 Å². The first kappa shape index (κ1) is 16.6. The van der Waals surface area contributed by atoms with Crippen molar-refractivity contribution < 1.29 is 4.39 Å². The first-order valence-electron chi connectivity index (χ1n) is 9.08. The Morgan fingerprint density at radius 2 is 2.18 bits per heavy atom. The number of allylic oxidation sites excluding steroid dienone is 4. The predicted molar refractivity (Wildman–Crippen MR) is 104 cm³/mol. The molecule has 1 aliphatic heterocycles. The van der Waals surface area contributed by atoms with Crippen molar-refractivity contribution in [1.82, 2.24) is 29.7 Å². The number of H-pyrrole nitrogens is 2. The highest BCUT2D eigenvalue weighted by atomic mass is 19.1. The average Bonchev–Trinajstić information content (AvgIpc) is 3.42. The number of halogens is 1. The average molecular weight is 375 g/mol. The Bertz CT molecular complexity index is 1270. The molecule has 0 saturated heterocycles. The monoisotopic (exact) mass is 375 g/mol. The van der Waals surface area contributed by atoms with E-state index in [1.165, 1.54) is 6.08 Å². The molecular weight excluding hydrogens is 357 g/mol. The number of nitrogens with zero attached hydrogens (tertiary/aromatic N) is 5. The van der Waals surface area contributed by atoms with Gasteiger partial charge in [-0.1, -0.05) is 6.08 Å². The summed E-state index contributed by atoms with van der Waals surface area (Å²) < 4.78 is 15.5. The molecule has 0 aromatic carbocycles. The molecule has 28 heavy (non-hydrogen) atoms. The Balaban J connectivity index is 1.77. The molecule has 7 nitrogen and oxygen atoms in total. The fourth-order valence-electron chi connectivity index (χ4n) is 3.64. The zero-order chi connectivity index (χ0) is 19.1. The first-order chi connectivity index (χ1) is 13.7. The highest BCUT2D eigenvalue weighted by Crippen LogP contribution is 2.28. The summed E-state index contributed by atoms with van der Waals surface area (Å²) in [4.78, 5) is 16.7. The molecule has 0 fully saturated rings. The van der Waals surface area contributed by atoms with E-state index in [2.05, 4.69) is 34.7 Å². The Labute approximate surface area is 159 Å². The molecule has 1 aliphatic carbocycles. The highest BCUT2D eigenvalue weighted by molar-refractivity contribution is 5.88. The van der Waals surface area contributed by atoms with Gasteiger partial charge in [-0.25, -0.2) is 19.4 Å². The first-order valence-corrected chi connectivity index (χ1v) is 9.08. The van der Waals surface area contributed by atoms with E-state index in [0.717, 1.165) is 39.1 Å². The molecular formula is C20H18FN7. The van der Waals surface area contributed by atoms with Gasteiger partial charge in [-0.15, -0.1) is 0 Å². The second-order valence-electron chi connectivity index (χ2n) is 6.79. The summed E-state index contributed by atoms with van der Waals surface area (Å²) in [6.07, 6.45) is 11.6. The number of fused-ring (bicyclic) bond motifs is 1. The van der Waals surface area contributed by atoms with Crippen LogP contribution in [0.1, 0.15) is 30.1 Å². The third-order valence-corrected chi connectivity index (χ3v) is 4.91. The molecule has 0 saturated carbocycles. The second-order valence-corrected chi connectivity index (χ2v) is 6.79. The van der Waals surface area contributed by atoms with Crippen LogP contribution >= 0.6 is 0 Å². The lowest BCUT2D eigenvalue weighted by molar-refractivity contribution is 0.661. The lowest BCUT2D eigenvalue weighted by atomic mass is 10.0. The van der Waals surface area contributed by atoms with Gasteiger partial charge in [0.05, 0.1) is 23.6 Å². The van der Waals surface area contributed by atoms with Crippen molar-refractivity contribution in [3.8, 4) is 0 Å². The molecule has 5 rings (SSSR count). The zero-order valence-corrected chi connectivity index (χ0v) is 15.3. The minimum atomic E-state index is -0.216. The van der Waals surface area contributed by atoms with Crippen molar-refractivity contribution in [3.05, 3.63) is 70.6 Å². The summed E-state index contributed by atoms with van der Waals surface area (Å²) in [6, 6.07) is 2.03. The number of aliphatic imine (C=N–C) groups is 1. The van der Waals surface area contributed by atoms with Crippen LogP contribution in [0.5, 0.6) is 0 Å². The van der Waals surface area contributed by atoms with Gasteiger partial charge in [-0.3, -0.25) is 5.10 Å². The maximum Gasteiger partial charge on any atom is 0.170 e. The molecule has 3 aromatic heterocycles. The lowest BCUT2D eigenvalue weighted by Gasteiger charge is -2.11. The second kappa shape index (κ2) is 6.56. The van der Waals surface area contributed by atoms with Gasteiger partial charge in [0.1, 0.15) is 17.5 Å². The summed E-state index contributed by atoms with van der Waals surface area (Å²) in [6.45, 7) is 2.37. The van der Waals surface area contributed by atoms with Crippen molar-refractivity contribution in [2.75, 3.05) is 0 Å². The van der Waals surface area contributed by atoms with Crippen molar-refractivity contribution in [2.45, 2.75) is 26.3 Å². The number of aromatic nitrogens is 6. The molecule has 0 radical (unpaired) electrons. The standard InChI is InChI=1S/C20H18FN7/c1-12-25-17(27-26-12)10-28-11-24-18(13-2-4-14(21)5-3-13)19(28)15-6-8-22-20-16(15)7-9-23-20/h2,4-5,7-9,11,23H,3,6,10H2,1H3,(H,25,26,27). The Morgan fingerprint density at radius 3 is 2.96 bits per heavy atom. The van der Waals surface area contributed by atoms with Gasteiger partial charge in [0.25, 0.3) is 0 Å².